The maximum Gasteiger partial charge on any atom is 0.143 e. The van der Waals surface area contributed by atoms with Gasteiger partial charge in [0, 0.05) is 60.4 Å². The topological polar surface area (TPSA) is 23.0 Å². The summed E-state index contributed by atoms with van der Waals surface area (Å²) >= 11 is 0. The van der Waals surface area contributed by atoms with Gasteiger partial charge in [-0.1, -0.05) is 123 Å². The van der Waals surface area contributed by atoms with Crippen molar-refractivity contribution >= 4 is 76.3 Å². The van der Waals surface area contributed by atoms with Crippen LogP contribution in [0.15, 0.2) is 180 Å². The third-order valence-corrected chi connectivity index (χ3v) is 13.4. The third-order valence-electron chi connectivity index (χ3n) is 13.4. The average molecular weight is 743 g/mol. The highest BCUT2D eigenvalue weighted by Crippen LogP contribution is 2.51. The van der Waals surface area contributed by atoms with Crippen LogP contribution in [0.3, 0.4) is 0 Å². The molecule has 1 unspecified atom stereocenters. The van der Waals surface area contributed by atoms with E-state index in [1.165, 1.54) is 76.9 Å². The molecule has 2 aliphatic rings. The van der Waals surface area contributed by atoms with Crippen LogP contribution in [0, 0.1) is 0 Å². The summed E-state index contributed by atoms with van der Waals surface area (Å²) in [5.41, 5.74) is 15.8. The Hall–Kier alpha value is -7.10. The van der Waals surface area contributed by atoms with Gasteiger partial charge in [-0.2, -0.15) is 0 Å². The second-order valence-electron chi connectivity index (χ2n) is 16.8. The summed E-state index contributed by atoms with van der Waals surface area (Å²) in [6.07, 6.45) is 10.0. The Morgan fingerprint density at radius 2 is 1.26 bits per heavy atom. The van der Waals surface area contributed by atoms with Crippen LogP contribution in [0.1, 0.15) is 37.4 Å². The lowest BCUT2D eigenvalue weighted by Gasteiger charge is -2.23. The number of aromatic nitrogens is 2. The van der Waals surface area contributed by atoms with E-state index in [4.69, 9.17) is 4.42 Å². The van der Waals surface area contributed by atoms with Gasteiger partial charge < -0.3 is 13.6 Å². The van der Waals surface area contributed by atoms with E-state index >= 15 is 0 Å². The smallest absolute Gasteiger partial charge is 0.143 e. The molecule has 8 aromatic carbocycles. The van der Waals surface area contributed by atoms with Gasteiger partial charge in [0.05, 0.1) is 22.6 Å². The summed E-state index contributed by atoms with van der Waals surface area (Å²) in [5, 5.41) is 9.68. The number of hydrogen-bond acceptors (Lipinski definition) is 1. The fourth-order valence-corrected chi connectivity index (χ4v) is 10.6. The zero-order chi connectivity index (χ0) is 38.3. The summed E-state index contributed by atoms with van der Waals surface area (Å²) in [4.78, 5) is 0. The molecule has 2 aliphatic carbocycles. The van der Waals surface area contributed by atoms with Crippen molar-refractivity contribution in [2.75, 3.05) is 0 Å². The molecule has 3 heteroatoms. The van der Waals surface area contributed by atoms with Crippen LogP contribution in [0.5, 0.6) is 0 Å². The van der Waals surface area contributed by atoms with Crippen LogP contribution >= 0.6 is 0 Å². The van der Waals surface area contributed by atoms with Crippen molar-refractivity contribution in [2.24, 2.45) is 0 Å². The number of hydrogen-bond donors (Lipinski definition) is 0. The molecule has 0 aliphatic heterocycles. The Balaban J connectivity index is 1.06. The van der Waals surface area contributed by atoms with Crippen LogP contribution in [-0.4, -0.2) is 9.13 Å². The molecule has 0 radical (unpaired) electrons. The fourth-order valence-electron chi connectivity index (χ4n) is 10.6. The monoisotopic (exact) mass is 742 g/mol. The normalized spacial score (nSPS) is 15.9. The van der Waals surface area contributed by atoms with E-state index in [-0.39, 0.29) is 11.5 Å². The summed E-state index contributed by atoms with van der Waals surface area (Å²) in [5.74, 6) is 0. The first-order valence-corrected chi connectivity index (χ1v) is 20.4. The van der Waals surface area contributed by atoms with E-state index < -0.39 is 0 Å². The Labute approximate surface area is 335 Å². The molecule has 58 heavy (non-hydrogen) atoms. The Bertz CT molecular complexity index is 3620. The van der Waals surface area contributed by atoms with Crippen LogP contribution in [0.2, 0.25) is 0 Å². The standard InChI is InChI=1S/C55H38N2O/c1-55(2)47-20-12-11-19-39(47)41-29-44-42-27-34(22-25-49(42)56(51(44)31-48(41)55)36-14-5-3-6-15-36)35-23-26-50-43(28-35)45-30-46-40-24-21-33-13-9-10-18-38(33)54(40)58-53(46)32-52(45)57(50)37-16-7-4-8-17-37/h3-14,16-32,36H,15H2,1-2H3. The molecule has 0 N–H and O–H groups in total. The predicted molar refractivity (Wildman–Crippen MR) is 244 cm³/mol. The van der Waals surface area contributed by atoms with Gasteiger partial charge in [0.2, 0.25) is 0 Å². The Kier molecular flexibility index (Phi) is 6.35. The van der Waals surface area contributed by atoms with E-state index in [9.17, 15) is 0 Å². The molecule has 3 aromatic heterocycles. The van der Waals surface area contributed by atoms with Crippen molar-refractivity contribution in [3.05, 3.63) is 187 Å². The number of nitrogens with zero attached hydrogens (tertiary/aromatic N) is 2. The maximum atomic E-state index is 6.71. The van der Waals surface area contributed by atoms with Crippen molar-refractivity contribution in [3.8, 4) is 27.9 Å². The molecule has 0 spiro atoms. The van der Waals surface area contributed by atoms with Crippen LogP contribution in [0.4, 0.5) is 0 Å². The first-order chi connectivity index (χ1) is 28.5. The number of para-hydroxylation sites is 1. The number of allylic oxidation sites excluding steroid dienone is 4. The molecular formula is C55H38N2O. The highest BCUT2D eigenvalue weighted by molar-refractivity contribution is 6.21. The first kappa shape index (κ1) is 32.0. The molecule has 0 bridgehead atoms. The first-order valence-electron chi connectivity index (χ1n) is 20.4. The lowest BCUT2D eigenvalue weighted by Crippen LogP contribution is -2.15. The molecule has 0 fully saturated rings. The molecule has 3 heterocycles. The van der Waals surface area contributed by atoms with Gasteiger partial charge in [0.25, 0.3) is 0 Å². The highest BCUT2D eigenvalue weighted by atomic mass is 16.3. The zero-order valence-corrected chi connectivity index (χ0v) is 32.3. The summed E-state index contributed by atoms with van der Waals surface area (Å²) in [7, 11) is 0. The quantitative estimate of drug-likeness (QED) is 0.177. The van der Waals surface area contributed by atoms with Crippen LogP contribution in [-0.2, 0) is 5.41 Å². The van der Waals surface area contributed by atoms with Gasteiger partial charge >= 0.3 is 0 Å². The molecule has 0 saturated carbocycles. The number of fused-ring (bicyclic) bond motifs is 14. The predicted octanol–water partition coefficient (Wildman–Crippen LogP) is 15.0. The van der Waals surface area contributed by atoms with Gasteiger partial charge in [-0.05, 0) is 106 Å². The van der Waals surface area contributed by atoms with Crippen molar-refractivity contribution in [1.29, 1.82) is 0 Å². The van der Waals surface area contributed by atoms with Gasteiger partial charge in [0.15, 0.2) is 0 Å². The van der Waals surface area contributed by atoms with Gasteiger partial charge in [-0.25, -0.2) is 0 Å². The largest absolute Gasteiger partial charge is 0.455 e. The summed E-state index contributed by atoms with van der Waals surface area (Å²) in [6.45, 7) is 4.76. The molecule has 11 aromatic rings. The van der Waals surface area contributed by atoms with E-state index in [1.54, 1.807) is 0 Å². The summed E-state index contributed by atoms with van der Waals surface area (Å²) < 4.78 is 11.7. The maximum absolute atomic E-state index is 6.71. The molecule has 274 valence electrons. The van der Waals surface area contributed by atoms with Crippen molar-refractivity contribution in [3.63, 3.8) is 0 Å². The minimum Gasteiger partial charge on any atom is -0.455 e. The van der Waals surface area contributed by atoms with Gasteiger partial charge in [-0.15, -0.1) is 0 Å². The van der Waals surface area contributed by atoms with E-state index in [0.29, 0.717) is 0 Å². The van der Waals surface area contributed by atoms with Crippen LogP contribution < -0.4 is 0 Å². The zero-order valence-electron chi connectivity index (χ0n) is 32.3. The molecular weight excluding hydrogens is 705 g/mol. The van der Waals surface area contributed by atoms with Crippen molar-refractivity contribution < 1.29 is 4.42 Å². The van der Waals surface area contributed by atoms with Crippen molar-refractivity contribution in [2.45, 2.75) is 31.7 Å². The van der Waals surface area contributed by atoms with Gasteiger partial charge in [0.1, 0.15) is 11.2 Å². The lowest BCUT2D eigenvalue weighted by molar-refractivity contribution is 0.642. The molecule has 0 saturated heterocycles. The minimum absolute atomic E-state index is 0.0642. The summed E-state index contributed by atoms with van der Waals surface area (Å²) in [6, 6.07) is 56.6. The molecule has 13 rings (SSSR count). The number of benzene rings is 8. The lowest BCUT2D eigenvalue weighted by atomic mass is 9.82. The van der Waals surface area contributed by atoms with E-state index in [0.717, 1.165) is 44.9 Å². The average Bonchev–Trinajstić information content (AvgIpc) is 3.97. The Morgan fingerprint density at radius 1 is 0.517 bits per heavy atom. The SMILES string of the molecule is CC1(C)c2ccccc2-c2cc3c4cc(-c5ccc6c(c5)c5cc7c(cc5n6-c5ccccc5)oc5c6ccccc6ccc75)ccc4n(C4C=CC=CC4)c3cc21. The highest BCUT2D eigenvalue weighted by Gasteiger charge is 2.36. The second kappa shape index (κ2) is 11.5. The molecule has 1 atom stereocenters. The van der Waals surface area contributed by atoms with Gasteiger partial charge in [-0.3, -0.25) is 0 Å². The third kappa shape index (κ3) is 4.28. The van der Waals surface area contributed by atoms with Crippen molar-refractivity contribution in [1.82, 2.24) is 9.13 Å². The Morgan fingerprint density at radius 3 is 2.10 bits per heavy atom. The second-order valence-corrected chi connectivity index (χ2v) is 16.8. The van der Waals surface area contributed by atoms with Crippen LogP contribution in [0.25, 0.3) is 104 Å². The molecule has 0 amide bonds. The van der Waals surface area contributed by atoms with E-state index in [1.807, 2.05) is 0 Å². The molecule has 3 nitrogen and oxygen atoms in total. The van der Waals surface area contributed by atoms with E-state index in [2.05, 4.69) is 199 Å². The minimum atomic E-state index is -0.0642. The number of rotatable bonds is 3. The number of furan rings is 1. The fraction of sp³-hybridized carbons (Fsp3) is 0.0909.